The predicted octanol–water partition coefficient (Wildman–Crippen LogP) is 3.11. The number of anilines is 1. The molecule has 0 unspecified atom stereocenters. The van der Waals surface area contributed by atoms with Gasteiger partial charge in [0.1, 0.15) is 6.54 Å². The Kier molecular flexibility index (Phi) is 7.44. The van der Waals surface area contributed by atoms with E-state index in [1.807, 2.05) is 19.9 Å². The molecule has 3 aromatic carbocycles. The van der Waals surface area contributed by atoms with Crippen molar-refractivity contribution < 1.29 is 9.59 Å². The number of hydrogen-bond donors (Lipinski definition) is 2. The van der Waals surface area contributed by atoms with E-state index in [9.17, 15) is 19.2 Å². The minimum Gasteiger partial charge on any atom is -0.356 e. The lowest BCUT2D eigenvalue weighted by atomic mass is 10.1. The maximum absolute atomic E-state index is 13.5. The van der Waals surface area contributed by atoms with Crippen LogP contribution in [0.2, 0.25) is 0 Å². The quantitative estimate of drug-likeness (QED) is 0.401. The summed E-state index contributed by atoms with van der Waals surface area (Å²) in [7, 11) is 0. The van der Waals surface area contributed by atoms with Crippen molar-refractivity contribution in [3.63, 3.8) is 0 Å². The second-order valence-electron chi connectivity index (χ2n) is 8.98. The molecule has 2 N–H and O–H groups in total. The van der Waals surface area contributed by atoms with Crippen LogP contribution < -0.4 is 21.9 Å². The van der Waals surface area contributed by atoms with Gasteiger partial charge in [0.05, 0.1) is 23.0 Å². The highest BCUT2D eigenvalue weighted by Crippen LogP contribution is 2.12. The number of fused-ring (bicyclic) bond motifs is 1. The van der Waals surface area contributed by atoms with Gasteiger partial charge in [0, 0.05) is 12.2 Å². The molecule has 0 bridgehead atoms. The van der Waals surface area contributed by atoms with Crippen LogP contribution in [0.1, 0.15) is 19.4 Å². The molecule has 8 heteroatoms. The van der Waals surface area contributed by atoms with E-state index in [4.69, 9.17) is 0 Å². The Balaban J connectivity index is 1.67. The first-order chi connectivity index (χ1) is 17.3. The maximum Gasteiger partial charge on any atom is 0.336 e. The number of amides is 2. The van der Waals surface area contributed by atoms with E-state index in [1.165, 1.54) is 4.57 Å². The average Bonchev–Trinajstić information content (AvgIpc) is 2.87. The zero-order valence-electron chi connectivity index (χ0n) is 20.2. The molecular weight excluding hydrogens is 456 g/mol. The lowest BCUT2D eigenvalue weighted by Gasteiger charge is -2.14. The van der Waals surface area contributed by atoms with Crippen LogP contribution in [0.3, 0.4) is 0 Å². The Morgan fingerprint density at radius 3 is 2.19 bits per heavy atom. The summed E-state index contributed by atoms with van der Waals surface area (Å²) in [6, 6.07) is 22.4. The van der Waals surface area contributed by atoms with E-state index in [0.29, 0.717) is 34.7 Å². The van der Waals surface area contributed by atoms with Gasteiger partial charge in [-0.2, -0.15) is 0 Å². The van der Waals surface area contributed by atoms with Crippen molar-refractivity contribution in [1.82, 2.24) is 14.5 Å². The number of rotatable bonds is 8. The number of carbonyl (C=O) groups is 2. The molecule has 0 aliphatic carbocycles. The molecule has 8 nitrogen and oxygen atoms in total. The van der Waals surface area contributed by atoms with E-state index in [2.05, 4.69) is 10.6 Å². The van der Waals surface area contributed by atoms with Crippen LogP contribution in [0.4, 0.5) is 5.69 Å². The van der Waals surface area contributed by atoms with Crippen molar-refractivity contribution in [1.29, 1.82) is 0 Å². The van der Waals surface area contributed by atoms with Crippen LogP contribution in [0.5, 0.6) is 0 Å². The molecule has 4 aromatic rings. The number of para-hydroxylation sites is 2. The fourth-order valence-electron chi connectivity index (χ4n) is 3.90. The molecule has 2 amide bonds. The van der Waals surface area contributed by atoms with Crippen molar-refractivity contribution in [3.05, 3.63) is 105 Å². The lowest BCUT2D eigenvalue weighted by molar-refractivity contribution is -0.120. The predicted molar refractivity (Wildman–Crippen MR) is 140 cm³/mol. The standard InChI is InChI=1S/C28H28N4O4/c1-19(2)17-29-25(33)16-20-12-14-22(15-13-20)32-27(35)23-10-6-7-11-24(23)31(28(32)36)18-26(34)30-21-8-4-3-5-9-21/h3-15,19H,16-18H2,1-2H3,(H,29,33)(H,30,34). The Bertz CT molecular complexity index is 1500. The third-order valence-electron chi connectivity index (χ3n) is 5.68. The first kappa shape index (κ1) is 24.7. The monoisotopic (exact) mass is 484 g/mol. The molecule has 0 spiro atoms. The summed E-state index contributed by atoms with van der Waals surface area (Å²) in [5, 5.41) is 5.97. The Labute approximate surface area is 208 Å². The van der Waals surface area contributed by atoms with E-state index in [1.54, 1.807) is 72.8 Å². The van der Waals surface area contributed by atoms with Gasteiger partial charge in [0.15, 0.2) is 0 Å². The highest BCUT2D eigenvalue weighted by molar-refractivity contribution is 5.91. The summed E-state index contributed by atoms with van der Waals surface area (Å²) >= 11 is 0. The second kappa shape index (κ2) is 10.9. The normalized spacial score (nSPS) is 11.0. The molecule has 0 aliphatic heterocycles. The molecule has 184 valence electrons. The van der Waals surface area contributed by atoms with E-state index < -0.39 is 11.2 Å². The van der Waals surface area contributed by atoms with Gasteiger partial charge in [0.2, 0.25) is 11.8 Å². The topological polar surface area (TPSA) is 102 Å². The summed E-state index contributed by atoms with van der Waals surface area (Å²) in [4.78, 5) is 51.7. The van der Waals surface area contributed by atoms with E-state index >= 15 is 0 Å². The molecule has 1 heterocycles. The highest BCUT2D eigenvalue weighted by atomic mass is 16.2. The minimum atomic E-state index is -0.621. The number of hydrogen-bond acceptors (Lipinski definition) is 4. The first-order valence-electron chi connectivity index (χ1n) is 11.8. The zero-order valence-corrected chi connectivity index (χ0v) is 20.2. The van der Waals surface area contributed by atoms with Crippen LogP contribution in [0.25, 0.3) is 16.6 Å². The maximum atomic E-state index is 13.5. The van der Waals surface area contributed by atoms with E-state index in [-0.39, 0.29) is 24.8 Å². The number of carbonyl (C=O) groups excluding carboxylic acids is 2. The van der Waals surface area contributed by atoms with Gasteiger partial charge in [-0.1, -0.05) is 56.3 Å². The van der Waals surface area contributed by atoms with Crippen LogP contribution in [-0.4, -0.2) is 27.5 Å². The zero-order chi connectivity index (χ0) is 25.7. The van der Waals surface area contributed by atoms with Crippen molar-refractivity contribution >= 4 is 28.4 Å². The molecule has 0 fully saturated rings. The van der Waals surface area contributed by atoms with E-state index in [0.717, 1.165) is 10.1 Å². The van der Waals surface area contributed by atoms with Crippen molar-refractivity contribution in [3.8, 4) is 5.69 Å². The summed E-state index contributed by atoms with van der Waals surface area (Å²) in [5.74, 6) is -0.124. The van der Waals surface area contributed by atoms with Gasteiger partial charge in [-0.3, -0.25) is 19.0 Å². The smallest absolute Gasteiger partial charge is 0.336 e. The van der Waals surface area contributed by atoms with Gasteiger partial charge in [-0.25, -0.2) is 9.36 Å². The molecule has 0 saturated heterocycles. The molecular formula is C28H28N4O4. The number of aromatic nitrogens is 2. The molecule has 0 atom stereocenters. The highest BCUT2D eigenvalue weighted by Gasteiger charge is 2.17. The summed E-state index contributed by atoms with van der Waals surface area (Å²) < 4.78 is 2.35. The van der Waals surface area contributed by atoms with Crippen LogP contribution >= 0.6 is 0 Å². The molecule has 1 aromatic heterocycles. The molecule has 36 heavy (non-hydrogen) atoms. The summed E-state index contributed by atoms with van der Waals surface area (Å²) in [6.07, 6.45) is 0.198. The van der Waals surface area contributed by atoms with Gasteiger partial charge in [-0.05, 0) is 47.9 Å². The van der Waals surface area contributed by atoms with Crippen LogP contribution in [0, 0.1) is 5.92 Å². The van der Waals surface area contributed by atoms with Gasteiger partial charge in [-0.15, -0.1) is 0 Å². The SMILES string of the molecule is CC(C)CNC(=O)Cc1ccc(-n2c(=O)c3ccccc3n(CC(=O)Nc3ccccc3)c2=O)cc1. The Morgan fingerprint density at radius 1 is 0.833 bits per heavy atom. The van der Waals surface area contributed by atoms with Crippen LogP contribution in [0.15, 0.2) is 88.5 Å². The fraction of sp³-hybridized carbons (Fsp3) is 0.214. The number of benzene rings is 3. The molecule has 0 radical (unpaired) electrons. The number of nitrogens with zero attached hydrogens (tertiary/aromatic N) is 2. The summed E-state index contributed by atoms with van der Waals surface area (Å²) in [5.41, 5.74) is 1.02. The van der Waals surface area contributed by atoms with Gasteiger partial charge < -0.3 is 10.6 Å². The number of nitrogens with one attached hydrogen (secondary N) is 2. The largest absolute Gasteiger partial charge is 0.356 e. The Hall–Kier alpha value is -4.46. The average molecular weight is 485 g/mol. The van der Waals surface area contributed by atoms with Crippen molar-refractivity contribution in [2.45, 2.75) is 26.8 Å². The fourth-order valence-corrected chi connectivity index (χ4v) is 3.90. The van der Waals surface area contributed by atoms with Gasteiger partial charge in [0.25, 0.3) is 5.56 Å². The second-order valence-corrected chi connectivity index (χ2v) is 8.98. The minimum absolute atomic E-state index is 0.0916. The van der Waals surface area contributed by atoms with Crippen LogP contribution in [-0.2, 0) is 22.6 Å². The first-order valence-corrected chi connectivity index (χ1v) is 11.8. The van der Waals surface area contributed by atoms with Crippen molar-refractivity contribution in [2.24, 2.45) is 5.92 Å². The molecule has 0 aliphatic rings. The third kappa shape index (κ3) is 5.60. The molecule has 0 saturated carbocycles. The summed E-state index contributed by atoms with van der Waals surface area (Å²) in [6.45, 7) is 4.38. The lowest BCUT2D eigenvalue weighted by Crippen LogP contribution is -2.40. The van der Waals surface area contributed by atoms with Crippen molar-refractivity contribution in [2.75, 3.05) is 11.9 Å². The Morgan fingerprint density at radius 2 is 1.50 bits per heavy atom. The molecule has 4 rings (SSSR count). The third-order valence-corrected chi connectivity index (χ3v) is 5.68. The van der Waals surface area contributed by atoms with Gasteiger partial charge >= 0.3 is 5.69 Å².